The summed E-state index contributed by atoms with van der Waals surface area (Å²) in [5.41, 5.74) is 1.15. The van der Waals surface area contributed by atoms with E-state index in [2.05, 4.69) is 16.5 Å². The summed E-state index contributed by atoms with van der Waals surface area (Å²) >= 11 is 0. The molecule has 5 nitrogen and oxygen atoms in total. The minimum absolute atomic E-state index is 0.327. The summed E-state index contributed by atoms with van der Waals surface area (Å²) in [5.74, 6) is 1.79. The molecule has 2 aliphatic carbocycles. The molecule has 0 radical (unpaired) electrons. The fraction of sp³-hybridized carbons (Fsp3) is 0.833. The standard InChI is InChI=1S/C18H28N4O/c23-18(9-6-14-4-2-1-3-5-14)21-11-10-16(12-21)22-13-17(19-20-22)15-7-8-15/h13-16H,1-12H2. The summed E-state index contributed by atoms with van der Waals surface area (Å²) in [6, 6.07) is 0.327. The van der Waals surface area contributed by atoms with Gasteiger partial charge in [-0.15, -0.1) is 5.10 Å². The van der Waals surface area contributed by atoms with E-state index in [4.69, 9.17) is 0 Å². The summed E-state index contributed by atoms with van der Waals surface area (Å²) in [4.78, 5) is 14.5. The molecular weight excluding hydrogens is 288 g/mol. The molecule has 1 amide bonds. The smallest absolute Gasteiger partial charge is 0.222 e. The summed E-state index contributed by atoms with van der Waals surface area (Å²) < 4.78 is 2.00. The van der Waals surface area contributed by atoms with Crippen molar-refractivity contribution in [2.75, 3.05) is 13.1 Å². The number of hydrogen-bond acceptors (Lipinski definition) is 3. The van der Waals surface area contributed by atoms with Gasteiger partial charge in [-0.3, -0.25) is 4.79 Å². The minimum Gasteiger partial charge on any atom is -0.340 e. The third-order valence-electron chi connectivity index (χ3n) is 5.91. The predicted octanol–water partition coefficient (Wildman–Crippen LogP) is 3.29. The second-order valence-corrected chi connectivity index (χ2v) is 7.72. The van der Waals surface area contributed by atoms with Crippen molar-refractivity contribution in [2.45, 2.75) is 76.2 Å². The van der Waals surface area contributed by atoms with Crippen molar-refractivity contribution in [1.29, 1.82) is 0 Å². The molecule has 1 atom stereocenters. The maximum atomic E-state index is 12.5. The zero-order valence-electron chi connectivity index (χ0n) is 14.0. The van der Waals surface area contributed by atoms with Gasteiger partial charge in [0.05, 0.1) is 11.7 Å². The molecule has 1 aromatic rings. The Kier molecular flexibility index (Phi) is 4.36. The number of carbonyl (C=O) groups is 1. The number of aromatic nitrogens is 3. The minimum atomic E-state index is 0.327. The Morgan fingerprint density at radius 3 is 2.74 bits per heavy atom. The van der Waals surface area contributed by atoms with Gasteiger partial charge in [0.2, 0.25) is 5.91 Å². The Bertz CT molecular complexity index is 545. The van der Waals surface area contributed by atoms with Gasteiger partial charge in [-0.2, -0.15) is 0 Å². The van der Waals surface area contributed by atoms with E-state index >= 15 is 0 Å². The van der Waals surface area contributed by atoms with E-state index in [1.165, 1.54) is 44.9 Å². The van der Waals surface area contributed by atoms with E-state index in [9.17, 15) is 4.79 Å². The molecule has 5 heteroatoms. The van der Waals surface area contributed by atoms with Crippen molar-refractivity contribution in [3.63, 3.8) is 0 Å². The van der Waals surface area contributed by atoms with E-state index in [0.717, 1.165) is 44.0 Å². The Hall–Kier alpha value is -1.39. The van der Waals surface area contributed by atoms with Crippen LogP contribution in [0.2, 0.25) is 0 Å². The van der Waals surface area contributed by atoms with E-state index < -0.39 is 0 Å². The first kappa shape index (κ1) is 15.2. The molecule has 4 rings (SSSR count). The van der Waals surface area contributed by atoms with Gasteiger partial charge in [-0.05, 0) is 31.6 Å². The summed E-state index contributed by atoms with van der Waals surface area (Å²) in [5, 5.41) is 8.60. The molecule has 3 fully saturated rings. The van der Waals surface area contributed by atoms with Crippen LogP contribution in [-0.4, -0.2) is 38.9 Å². The molecule has 1 aliphatic heterocycles. The van der Waals surface area contributed by atoms with E-state index in [0.29, 0.717) is 17.9 Å². The molecule has 2 heterocycles. The first-order valence-electron chi connectivity index (χ1n) is 9.49. The second kappa shape index (κ2) is 6.62. The molecule has 23 heavy (non-hydrogen) atoms. The van der Waals surface area contributed by atoms with Crippen molar-refractivity contribution >= 4 is 5.91 Å². The average molecular weight is 316 g/mol. The summed E-state index contributed by atoms with van der Waals surface area (Å²) in [6.45, 7) is 1.70. The van der Waals surface area contributed by atoms with E-state index in [1.54, 1.807) is 0 Å². The summed E-state index contributed by atoms with van der Waals surface area (Å²) in [7, 11) is 0. The molecule has 126 valence electrons. The van der Waals surface area contributed by atoms with Crippen LogP contribution >= 0.6 is 0 Å². The topological polar surface area (TPSA) is 51.0 Å². The van der Waals surface area contributed by atoms with Gasteiger partial charge in [0, 0.05) is 31.6 Å². The lowest BCUT2D eigenvalue weighted by molar-refractivity contribution is -0.130. The highest BCUT2D eigenvalue weighted by molar-refractivity contribution is 5.76. The van der Waals surface area contributed by atoms with Crippen LogP contribution in [-0.2, 0) is 4.79 Å². The highest BCUT2D eigenvalue weighted by atomic mass is 16.2. The number of carbonyl (C=O) groups excluding carboxylic acids is 1. The normalized spacial score (nSPS) is 25.9. The SMILES string of the molecule is O=C(CCC1CCCCC1)N1CCC(n2cc(C3CC3)nn2)C1. The molecule has 0 bridgehead atoms. The van der Waals surface area contributed by atoms with Gasteiger partial charge in [0.15, 0.2) is 0 Å². The zero-order chi connectivity index (χ0) is 15.6. The van der Waals surface area contributed by atoms with Crippen molar-refractivity contribution in [3.8, 4) is 0 Å². The fourth-order valence-electron chi connectivity index (χ4n) is 4.18. The highest BCUT2D eigenvalue weighted by Crippen LogP contribution is 2.39. The van der Waals surface area contributed by atoms with Crippen LogP contribution < -0.4 is 0 Å². The molecule has 0 spiro atoms. The third-order valence-corrected chi connectivity index (χ3v) is 5.91. The lowest BCUT2D eigenvalue weighted by Crippen LogP contribution is -2.29. The molecule has 0 aromatic carbocycles. The van der Waals surface area contributed by atoms with Gasteiger partial charge in [0.1, 0.15) is 0 Å². The largest absolute Gasteiger partial charge is 0.340 e. The summed E-state index contributed by atoms with van der Waals surface area (Å²) in [6.07, 6.45) is 14.2. The fourth-order valence-corrected chi connectivity index (χ4v) is 4.18. The van der Waals surface area contributed by atoms with Crippen molar-refractivity contribution in [1.82, 2.24) is 19.9 Å². The van der Waals surface area contributed by atoms with E-state index in [-0.39, 0.29) is 0 Å². The lowest BCUT2D eigenvalue weighted by Gasteiger charge is -2.22. The first-order valence-corrected chi connectivity index (χ1v) is 9.49. The molecule has 1 saturated heterocycles. The highest BCUT2D eigenvalue weighted by Gasteiger charge is 2.31. The van der Waals surface area contributed by atoms with Gasteiger partial charge in [0.25, 0.3) is 0 Å². The molecule has 2 saturated carbocycles. The third kappa shape index (κ3) is 3.59. The van der Waals surface area contributed by atoms with Crippen LogP contribution in [0.5, 0.6) is 0 Å². The molecule has 1 unspecified atom stereocenters. The number of nitrogens with zero attached hydrogens (tertiary/aromatic N) is 4. The second-order valence-electron chi connectivity index (χ2n) is 7.72. The van der Waals surface area contributed by atoms with E-state index in [1.807, 2.05) is 9.58 Å². The van der Waals surface area contributed by atoms with Crippen molar-refractivity contribution in [2.24, 2.45) is 5.92 Å². The number of amides is 1. The van der Waals surface area contributed by atoms with Gasteiger partial charge < -0.3 is 4.90 Å². The van der Waals surface area contributed by atoms with Crippen LogP contribution in [0.3, 0.4) is 0 Å². The molecule has 0 N–H and O–H groups in total. The Morgan fingerprint density at radius 2 is 1.96 bits per heavy atom. The first-order chi connectivity index (χ1) is 11.3. The lowest BCUT2D eigenvalue weighted by atomic mass is 9.86. The maximum absolute atomic E-state index is 12.5. The molecule has 3 aliphatic rings. The molecular formula is C18H28N4O. The average Bonchev–Trinajstić information content (AvgIpc) is 3.12. The number of rotatable bonds is 5. The van der Waals surface area contributed by atoms with Gasteiger partial charge in [-0.25, -0.2) is 4.68 Å². The van der Waals surface area contributed by atoms with Gasteiger partial charge >= 0.3 is 0 Å². The van der Waals surface area contributed by atoms with Crippen LogP contribution in [0.15, 0.2) is 6.20 Å². The maximum Gasteiger partial charge on any atom is 0.222 e. The number of hydrogen-bond donors (Lipinski definition) is 0. The zero-order valence-corrected chi connectivity index (χ0v) is 14.0. The Balaban J connectivity index is 1.26. The van der Waals surface area contributed by atoms with Crippen molar-refractivity contribution < 1.29 is 4.79 Å². The van der Waals surface area contributed by atoms with Crippen LogP contribution in [0.1, 0.15) is 81.9 Å². The predicted molar refractivity (Wildman–Crippen MR) is 88.0 cm³/mol. The van der Waals surface area contributed by atoms with Gasteiger partial charge in [-0.1, -0.05) is 37.3 Å². The van der Waals surface area contributed by atoms with Crippen molar-refractivity contribution in [3.05, 3.63) is 11.9 Å². The Morgan fingerprint density at radius 1 is 1.13 bits per heavy atom. The quantitative estimate of drug-likeness (QED) is 0.837. The monoisotopic (exact) mass is 316 g/mol. The Labute approximate surface area is 138 Å². The van der Waals surface area contributed by atoms with Crippen LogP contribution in [0.25, 0.3) is 0 Å². The van der Waals surface area contributed by atoms with Crippen LogP contribution in [0.4, 0.5) is 0 Å². The van der Waals surface area contributed by atoms with Crippen LogP contribution in [0, 0.1) is 5.92 Å². The molecule has 1 aromatic heterocycles. The number of likely N-dealkylation sites (tertiary alicyclic amines) is 1.